The molecule has 0 amide bonds. The lowest BCUT2D eigenvalue weighted by atomic mass is 10.00. The van der Waals surface area contributed by atoms with Crippen molar-refractivity contribution in [1.82, 2.24) is 0 Å². The minimum absolute atomic E-state index is 0.406. The molecule has 1 aromatic rings. The van der Waals surface area contributed by atoms with Gasteiger partial charge in [-0.3, -0.25) is 4.79 Å². The van der Waals surface area contributed by atoms with Crippen LogP contribution in [0.5, 0.6) is 0 Å². The molecule has 0 aromatic heterocycles. The summed E-state index contributed by atoms with van der Waals surface area (Å²) in [5.74, 6) is -0.406. The predicted molar refractivity (Wildman–Crippen MR) is 54.9 cm³/mol. The Morgan fingerprint density at radius 3 is 2.57 bits per heavy atom. The molecule has 1 aromatic carbocycles. The molecule has 0 aliphatic carbocycles. The zero-order chi connectivity index (χ0) is 10.7. The topological polar surface area (TPSA) is 52.3 Å². The number of carbonyl (C=O) groups excluding carboxylic acids is 1. The van der Waals surface area contributed by atoms with E-state index in [1.54, 1.807) is 0 Å². The zero-order valence-corrected chi connectivity index (χ0v) is 8.70. The van der Waals surface area contributed by atoms with E-state index in [1.807, 2.05) is 32.0 Å². The first-order chi connectivity index (χ1) is 6.56. The molecule has 0 fully saturated rings. The van der Waals surface area contributed by atoms with Gasteiger partial charge in [-0.15, -0.1) is 0 Å². The third-order valence-electron chi connectivity index (χ3n) is 2.22. The van der Waals surface area contributed by atoms with Crippen LogP contribution >= 0.6 is 0 Å². The van der Waals surface area contributed by atoms with Crippen LogP contribution < -0.4 is 5.73 Å². The predicted octanol–water partition coefficient (Wildman–Crippen LogP) is 1.48. The van der Waals surface area contributed by atoms with Crippen LogP contribution in [0.4, 0.5) is 0 Å². The highest BCUT2D eigenvalue weighted by Crippen LogP contribution is 2.17. The first-order valence-corrected chi connectivity index (χ1v) is 4.47. The Morgan fingerprint density at radius 2 is 2.07 bits per heavy atom. The maximum atomic E-state index is 11.2. The van der Waals surface area contributed by atoms with Gasteiger partial charge in [0.05, 0.1) is 7.11 Å². The Balaban J connectivity index is 3.01. The maximum Gasteiger partial charge on any atom is 0.327 e. The van der Waals surface area contributed by atoms with E-state index >= 15 is 0 Å². The summed E-state index contributed by atoms with van der Waals surface area (Å²) >= 11 is 0. The first-order valence-electron chi connectivity index (χ1n) is 4.47. The van der Waals surface area contributed by atoms with E-state index in [0.717, 1.165) is 16.7 Å². The Morgan fingerprint density at radius 1 is 1.43 bits per heavy atom. The fraction of sp³-hybridized carbons (Fsp3) is 0.364. The van der Waals surface area contributed by atoms with Crippen LogP contribution in [0.25, 0.3) is 0 Å². The van der Waals surface area contributed by atoms with Crippen LogP contribution in [0.2, 0.25) is 0 Å². The SMILES string of the molecule is COC(=O)[C@H](N)c1ccc(C)cc1C. The van der Waals surface area contributed by atoms with Crippen molar-refractivity contribution in [2.45, 2.75) is 19.9 Å². The van der Waals surface area contributed by atoms with Crippen LogP contribution in [-0.4, -0.2) is 13.1 Å². The minimum Gasteiger partial charge on any atom is -0.468 e. The number of aryl methyl sites for hydroxylation is 2. The summed E-state index contributed by atoms with van der Waals surface area (Å²) in [6.45, 7) is 3.94. The van der Waals surface area contributed by atoms with Crippen LogP contribution in [0.3, 0.4) is 0 Å². The fourth-order valence-corrected chi connectivity index (χ4v) is 1.43. The second kappa shape index (κ2) is 4.24. The molecule has 1 atom stereocenters. The number of benzene rings is 1. The molecule has 14 heavy (non-hydrogen) atoms. The van der Waals surface area contributed by atoms with Gasteiger partial charge in [-0.25, -0.2) is 0 Å². The third-order valence-corrected chi connectivity index (χ3v) is 2.22. The van der Waals surface area contributed by atoms with Crippen molar-refractivity contribution in [3.05, 3.63) is 34.9 Å². The molecule has 3 nitrogen and oxygen atoms in total. The number of esters is 1. The number of rotatable bonds is 2. The van der Waals surface area contributed by atoms with E-state index in [4.69, 9.17) is 5.73 Å². The molecule has 0 radical (unpaired) electrons. The molecule has 1 rings (SSSR count). The number of hydrogen-bond donors (Lipinski definition) is 1. The normalized spacial score (nSPS) is 12.3. The molecule has 0 aliphatic rings. The number of ether oxygens (including phenoxy) is 1. The lowest BCUT2D eigenvalue weighted by Crippen LogP contribution is -2.23. The molecule has 0 saturated carbocycles. The van der Waals surface area contributed by atoms with Gasteiger partial charge < -0.3 is 10.5 Å². The molecule has 0 unspecified atom stereocenters. The standard InChI is InChI=1S/C11H15NO2/c1-7-4-5-9(8(2)6-7)10(12)11(13)14-3/h4-6,10H,12H2,1-3H3/t10-/m1/s1. The van der Waals surface area contributed by atoms with Gasteiger partial charge in [-0.05, 0) is 25.0 Å². The molecule has 0 spiro atoms. The van der Waals surface area contributed by atoms with Gasteiger partial charge in [0, 0.05) is 0 Å². The molecule has 2 N–H and O–H groups in total. The van der Waals surface area contributed by atoms with Crippen molar-refractivity contribution in [3.63, 3.8) is 0 Å². The lowest BCUT2D eigenvalue weighted by molar-refractivity contribution is -0.142. The highest BCUT2D eigenvalue weighted by atomic mass is 16.5. The molecule has 0 heterocycles. The van der Waals surface area contributed by atoms with Crippen molar-refractivity contribution >= 4 is 5.97 Å². The Kier molecular flexibility index (Phi) is 3.25. The van der Waals surface area contributed by atoms with Crippen molar-refractivity contribution in [3.8, 4) is 0 Å². The van der Waals surface area contributed by atoms with Gasteiger partial charge in [0.15, 0.2) is 0 Å². The van der Waals surface area contributed by atoms with Crippen molar-refractivity contribution in [2.24, 2.45) is 5.73 Å². The van der Waals surface area contributed by atoms with Gasteiger partial charge >= 0.3 is 5.97 Å². The summed E-state index contributed by atoms with van der Waals surface area (Å²) < 4.78 is 4.59. The lowest BCUT2D eigenvalue weighted by Gasteiger charge is -2.12. The molecular formula is C11H15NO2. The first kappa shape index (κ1) is 10.7. The van der Waals surface area contributed by atoms with Crippen LogP contribution in [0.15, 0.2) is 18.2 Å². The summed E-state index contributed by atoms with van der Waals surface area (Å²) in [4.78, 5) is 11.2. The van der Waals surface area contributed by atoms with Crippen molar-refractivity contribution < 1.29 is 9.53 Å². The zero-order valence-electron chi connectivity index (χ0n) is 8.70. The largest absolute Gasteiger partial charge is 0.468 e. The van der Waals surface area contributed by atoms with Crippen LogP contribution in [0, 0.1) is 13.8 Å². The van der Waals surface area contributed by atoms with Gasteiger partial charge in [0.25, 0.3) is 0 Å². The highest BCUT2D eigenvalue weighted by molar-refractivity contribution is 5.77. The summed E-state index contributed by atoms with van der Waals surface area (Å²) in [6, 6.07) is 5.12. The Labute approximate surface area is 83.9 Å². The second-order valence-corrected chi connectivity index (χ2v) is 3.36. The smallest absolute Gasteiger partial charge is 0.327 e. The van der Waals surface area contributed by atoms with Crippen LogP contribution in [0.1, 0.15) is 22.7 Å². The van der Waals surface area contributed by atoms with Gasteiger partial charge in [0.2, 0.25) is 0 Å². The quantitative estimate of drug-likeness (QED) is 0.724. The Bertz CT molecular complexity index is 347. The highest BCUT2D eigenvalue weighted by Gasteiger charge is 2.17. The van der Waals surface area contributed by atoms with E-state index in [0.29, 0.717) is 0 Å². The van der Waals surface area contributed by atoms with Crippen LogP contribution in [-0.2, 0) is 9.53 Å². The van der Waals surface area contributed by atoms with E-state index in [9.17, 15) is 4.79 Å². The number of hydrogen-bond acceptors (Lipinski definition) is 3. The van der Waals surface area contributed by atoms with E-state index in [2.05, 4.69) is 4.74 Å². The molecule has 3 heteroatoms. The molecule has 0 aliphatic heterocycles. The second-order valence-electron chi connectivity index (χ2n) is 3.36. The third kappa shape index (κ3) is 2.12. The van der Waals surface area contributed by atoms with E-state index < -0.39 is 12.0 Å². The van der Waals surface area contributed by atoms with Gasteiger partial charge in [0.1, 0.15) is 6.04 Å². The summed E-state index contributed by atoms with van der Waals surface area (Å²) in [5, 5.41) is 0. The van der Waals surface area contributed by atoms with Gasteiger partial charge in [-0.1, -0.05) is 23.8 Å². The summed E-state index contributed by atoms with van der Waals surface area (Å²) in [5.41, 5.74) is 8.72. The molecule has 76 valence electrons. The van der Waals surface area contributed by atoms with Crippen molar-refractivity contribution in [2.75, 3.05) is 7.11 Å². The molecule has 0 saturated heterocycles. The minimum atomic E-state index is -0.680. The number of carbonyl (C=O) groups is 1. The van der Waals surface area contributed by atoms with Crippen molar-refractivity contribution in [1.29, 1.82) is 0 Å². The Hall–Kier alpha value is -1.35. The monoisotopic (exact) mass is 193 g/mol. The van der Waals surface area contributed by atoms with E-state index in [-0.39, 0.29) is 0 Å². The molecule has 0 bridgehead atoms. The number of nitrogens with two attached hydrogens (primary N) is 1. The average molecular weight is 193 g/mol. The van der Waals surface area contributed by atoms with E-state index in [1.165, 1.54) is 7.11 Å². The van der Waals surface area contributed by atoms with Gasteiger partial charge in [-0.2, -0.15) is 0 Å². The fourth-order valence-electron chi connectivity index (χ4n) is 1.43. The average Bonchev–Trinajstić information content (AvgIpc) is 2.15. The summed E-state index contributed by atoms with van der Waals surface area (Å²) in [6.07, 6.45) is 0. The maximum absolute atomic E-state index is 11.2. The number of methoxy groups -OCH3 is 1. The molecular weight excluding hydrogens is 178 g/mol. The summed E-state index contributed by atoms with van der Waals surface area (Å²) in [7, 11) is 1.34.